The average molecular weight is 279 g/mol. The van der Waals surface area contributed by atoms with E-state index in [-0.39, 0.29) is 5.56 Å². The van der Waals surface area contributed by atoms with Crippen LogP contribution in [0.5, 0.6) is 11.5 Å². The smallest absolute Gasteiger partial charge is 0.420 e. The lowest BCUT2D eigenvalue weighted by atomic mass is 10.0. The van der Waals surface area contributed by atoms with Crippen LogP contribution in [0.1, 0.15) is 23.6 Å². The number of rotatable bonds is 4. The first-order chi connectivity index (χ1) is 8.66. The average Bonchev–Trinajstić information content (AvgIpc) is 2.26. The van der Waals surface area contributed by atoms with Gasteiger partial charge in [0.25, 0.3) is 0 Å². The minimum atomic E-state index is -4.80. The second kappa shape index (κ2) is 5.35. The van der Waals surface area contributed by atoms with E-state index in [1.807, 2.05) is 0 Å². The van der Waals surface area contributed by atoms with Crippen LogP contribution in [0.15, 0.2) is 12.1 Å². The summed E-state index contributed by atoms with van der Waals surface area (Å²) < 4.78 is 42.7. The van der Waals surface area contributed by atoms with Gasteiger partial charge in [0.2, 0.25) is 0 Å². The highest BCUT2D eigenvalue weighted by Crippen LogP contribution is 2.42. The molecule has 1 aromatic carbocycles. The molecule has 1 aromatic rings. The molecule has 0 fully saturated rings. The molecule has 0 aromatic heterocycles. The molecule has 0 bridgehead atoms. The Balaban J connectivity index is 3.31. The molecule has 0 heterocycles. The van der Waals surface area contributed by atoms with Crippen LogP contribution in [0.3, 0.4) is 0 Å². The summed E-state index contributed by atoms with van der Waals surface area (Å²) in [6.45, 7) is 0. The zero-order chi connectivity index (χ0) is 14.8. The lowest BCUT2D eigenvalue weighted by molar-refractivity contribution is -0.139. The van der Waals surface area contributed by atoms with Gasteiger partial charge in [0, 0.05) is 6.04 Å². The standard InChI is InChI=1S/C11H12F3NO4/c1-19-8-3-5(7(15)4-9(16)17)2-6(10(8)18)11(12,13)14/h2-3,7,18H,4,15H2,1H3,(H,16,17). The van der Waals surface area contributed by atoms with Gasteiger partial charge in [-0.15, -0.1) is 0 Å². The molecule has 1 rings (SSSR count). The number of benzene rings is 1. The maximum atomic E-state index is 12.7. The van der Waals surface area contributed by atoms with E-state index >= 15 is 0 Å². The number of carboxylic acid groups (broad SMARTS) is 1. The van der Waals surface area contributed by atoms with Gasteiger partial charge in [0.05, 0.1) is 13.5 Å². The minimum absolute atomic E-state index is 0.0793. The van der Waals surface area contributed by atoms with Crippen LogP contribution in [-0.4, -0.2) is 23.3 Å². The van der Waals surface area contributed by atoms with E-state index in [0.717, 1.165) is 13.2 Å². The van der Waals surface area contributed by atoms with Crippen LogP contribution >= 0.6 is 0 Å². The van der Waals surface area contributed by atoms with Crippen molar-refractivity contribution in [1.82, 2.24) is 0 Å². The van der Waals surface area contributed by atoms with Crippen molar-refractivity contribution < 1.29 is 32.9 Å². The molecule has 1 unspecified atom stereocenters. The highest BCUT2D eigenvalue weighted by molar-refractivity contribution is 5.68. The van der Waals surface area contributed by atoms with Gasteiger partial charge in [0.1, 0.15) is 5.56 Å². The van der Waals surface area contributed by atoms with Crippen LogP contribution in [0.25, 0.3) is 0 Å². The van der Waals surface area contributed by atoms with Crippen molar-refractivity contribution in [2.45, 2.75) is 18.6 Å². The molecular formula is C11H12F3NO4. The van der Waals surface area contributed by atoms with Gasteiger partial charge in [-0.3, -0.25) is 4.79 Å². The second-order valence-corrected chi connectivity index (χ2v) is 3.82. The fourth-order valence-electron chi connectivity index (χ4n) is 1.52. The van der Waals surface area contributed by atoms with Crippen molar-refractivity contribution in [2.75, 3.05) is 7.11 Å². The Morgan fingerprint density at radius 3 is 2.47 bits per heavy atom. The van der Waals surface area contributed by atoms with Crippen LogP contribution in [0, 0.1) is 0 Å². The molecular weight excluding hydrogens is 267 g/mol. The Morgan fingerprint density at radius 1 is 1.47 bits per heavy atom. The number of hydrogen-bond donors (Lipinski definition) is 3. The second-order valence-electron chi connectivity index (χ2n) is 3.82. The summed E-state index contributed by atoms with van der Waals surface area (Å²) in [7, 11) is 1.09. The van der Waals surface area contributed by atoms with Crippen LogP contribution in [0.4, 0.5) is 13.2 Å². The summed E-state index contributed by atoms with van der Waals surface area (Å²) in [5.74, 6) is -2.71. The summed E-state index contributed by atoms with van der Waals surface area (Å²) >= 11 is 0. The summed E-state index contributed by atoms with van der Waals surface area (Å²) in [6, 6.07) is 0.567. The van der Waals surface area contributed by atoms with E-state index in [4.69, 9.17) is 10.8 Å². The first kappa shape index (κ1) is 15.1. The van der Waals surface area contributed by atoms with Crippen molar-refractivity contribution in [3.63, 3.8) is 0 Å². The number of phenolic OH excluding ortho intramolecular Hbond substituents is 1. The zero-order valence-electron chi connectivity index (χ0n) is 9.86. The summed E-state index contributed by atoms with van der Waals surface area (Å²) in [4.78, 5) is 10.5. The van der Waals surface area contributed by atoms with Crippen molar-refractivity contribution in [2.24, 2.45) is 5.73 Å². The first-order valence-corrected chi connectivity index (χ1v) is 5.12. The third-order valence-corrected chi connectivity index (χ3v) is 2.45. The third-order valence-electron chi connectivity index (χ3n) is 2.45. The number of carboxylic acids is 1. The molecule has 0 saturated carbocycles. The van der Waals surface area contributed by atoms with E-state index in [1.165, 1.54) is 0 Å². The van der Waals surface area contributed by atoms with Gasteiger partial charge in [0.15, 0.2) is 11.5 Å². The highest BCUT2D eigenvalue weighted by atomic mass is 19.4. The van der Waals surface area contributed by atoms with Gasteiger partial charge in [-0.2, -0.15) is 13.2 Å². The third kappa shape index (κ3) is 3.50. The highest BCUT2D eigenvalue weighted by Gasteiger charge is 2.36. The molecule has 1 atom stereocenters. The number of hydrogen-bond acceptors (Lipinski definition) is 4. The van der Waals surface area contributed by atoms with Crippen LogP contribution in [0.2, 0.25) is 0 Å². The topological polar surface area (TPSA) is 92.8 Å². The van der Waals surface area contributed by atoms with Gasteiger partial charge in [-0.25, -0.2) is 0 Å². The number of aromatic hydroxyl groups is 1. The number of phenols is 1. The molecule has 106 valence electrons. The van der Waals surface area contributed by atoms with E-state index in [0.29, 0.717) is 6.07 Å². The minimum Gasteiger partial charge on any atom is -0.504 e. The Morgan fingerprint density at radius 2 is 2.05 bits per heavy atom. The Labute approximate surface area is 106 Å². The fraction of sp³-hybridized carbons (Fsp3) is 0.364. The largest absolute Gasteiger partial charge is 0.504 e. The predicted molar refractivity (Wildman–Crippen MR) is 58.8 cm³/mol. The summed E-state index contributed by atoms with van der Waals surface area (Å²) in [6.07, 6.45) is -5.33. The molecule has 5 nitrogen and oxygen atoms in total. The lowest BCUT2D eigenvalue weighted by Crippen LogP contribution is -2.16. The molecule has 4 N–H and O–H groups in total. The monoisotopic (exact) mass is 279 g/mol. The summed E-state index contributed by atoms with van der Waals surface area (Å²) in [5.41, 5.74) is 4.10. The molecule has 0 radical (unpaired) electrons. The van der Waals surface area contributed by atoms with E-state index in [2.05, 4.69) is 4.74 Å². The quantitative estimate of drug-likeness (QED) is 0.782. The predicted octanol–water partition coefficient (Wildman–Crippen LogP) is 1.89. The number of carbonyl (C=O) groups is 1. The number of ether oxygens (including phenoxy) is 1. The molecule has 0 spiro atoms. The molecule has 0 saturated heterocycles. The Bertz CT molecular complexity index is 488. The first-order valence-electron chi connectivity index (χ1n) is 5.12. The van der Waals surface area contributed by atoms with E-state index in [1.54, 1.807) is 0 Å². The van der Waals surface area contributed by atoms with Crippen molar-refractivity contribution in [3.8, 4) is 11.5 Å². The summed E-state index contributed by atoms with van der Waals surface area (Å²) in [5, 5.41) is 18.0. The number of nitrogens with two attached hydrogens (primary N) is 1. The van der Waals surface area contributed by atoms with Crippen molar-refractivity contribution in [3.05, 3.63) is 23.3 Å². The molecule has 0 aliphatic rings. The van der Waals surface area contributed by atoms with Crippen molar-refractivity contribution in [1.29, 1.82) is 0 Å². The fourth-order valence-corrected chi connectivity index (χ4v) is 1.52. The van der Waals surface area contributed by atoms with Gasteiger partial charge < -0.3 is 20.7 Å². The number of halogens is 3. The number of alkyl halides is 3. The van der Waals surface area contributed by atoms with E-state index < -0.39 is 41.7 Å². The zero-order valence-corrected chi connectivity index (χ0v) is 9.86. The number of aliphatic carboxylic acids is 1. The molecule has 0 amide bonds. The Kier molecular flexibility index (Phi) is 4.25. The molecule has 0 aliphatic heterocycles. The normalized spacial score (nSPS) is 13.1. The van der Waals surface area contributed by atoms with Gasteiger partial charge >= 0.3 is 12.1 Å². The van der Waals surface area contributed by atoms with Gasteiger partial charge in [-0.1, -0.05) is 0 Å². The molecule has 19 heavy (non-hydrogen) atoms. The number of methoxy groups -OCH3 is 1. The maximum absolute atomic E-state index is 12.7. The molecule has 8 heteroatoms. The maximum Gasteiger partial charge on any atom is 0.420 e. The van der Waals surface area contributed by atoms with Crippen LogP contribution < -0.4 is 10.5 Å². The lowest BCUT2D eigenvalue weighted by Gasteiger charge is -2.17. The van der Waals surface area contributed by atoms with Gasteiger partial charge in [-0.05, 0) is 17.7 Å². The SMILES string of the molecule is COc1cc(C(N)CC(=O)O)cc(C(F)(F)F)c1O. The van der Waals surface area contributed by atoms with Crippen molar-refractivity contribution >= 4 is 5.97 Å². The van der Waals surface area contributed by atoms with E-state index in [9.17, 15) is 23.1 Å². The molecule has 0 aliphatic carbocycles. The Hall–Kier alpha value is -1.96. The van der Waals surface area contributed by atoms with Crippen LogP contribution in [-0.2, 0) is 11.0 Å².